The van der Waals surface area contributed by atoms with Gasteiger partial charge >= 0.3 is 0 Å². The summed E-state index contributed by atoms with van der Waals surface area (Å²) in [6, 6.07) is 10.2. The average Bonchev–Trinajstić information content (AvgIpc) is 3.09. The highest BCUT2D eigenvalue weighted by Gasteiger charge is 2.18. The molecule has 0 saturated heterocycles. The minimum absolute atomic E-state index is 0.183. The molecule has 1 aromatic carbocycles. The molecule has 1 aliphatic carbocycles. The third-order valence-corrected chi connectivity index (χ3v) is 5.57. The quantitative estimate of drug-likeness (QED) is 0.764. The second-order valence-electron chi connectivity index (χ2n) is 6.83. The summed E-state index contributed by atoms with van der Waals surface area (Å²) in [5.74, 6) is 0.990. The molecule has 2 aromatic rings. The maximum absolute atomic E-state index is 12.5. The Morgan fingerprint density at radius 2 is 1.77 bits per heavy atom. The van der Waals surface area contributed by atoms with Gasteiger partial charge in [0.2, 0.25) is 0 Å². The summed E-state index contributed by atoms with van der Waals surface area (Å²) in [5.41, 5.74) is 0.844. The molecule has 0 aliphatic heterocycles. The van der Waals surface area contributed by atoms with Crippen LogP contribution in [-0.4, -0.2) is 25.5 Å². The van der Waals surface area contributed by atoms with Gasteiger partial charge in [0, 0.05) is 6.04 Å². The van der Waals surface area contributed by atoms with Gasteiger partial charge in [-0.05, 0) is 75.9 Å². The first-order chi connectivity index (χ1) is 12.4. The number of aromatic nitrogens is 1. The number of anilines is 2. The molecular weight excluding hydrogens is 350 g/mol. The Kier molecular flexibility index (Phi) is 5.66. The van der Waals surface area contributed by atoms with Crippen LogP contribution < -0.4 is 14.8 Å². The van der Waals surface area contributed by atoms with Gasteiger partial charge in [-0.25, -0.2) is 13.4 Å². The number of ether oxygens (including phenoxy) is 1. The van der Waals surface area contributed by atoms with Crippen molar-refractivity contribution in [2.24, 2.45) is 0 Å². The van der Waals surface area contributed by atoms with E-state index in [0.29, 0.717) is 5.75 Å². The maximum atomic E-state index is 12.5. The molecule has 1 heterocycles. The van der Waals surface area contributed by atoms with E-state index < -0.39 is 10.0 Å². The monoisotopic (exact) mass is 375 g/mol. The largest absolute Gasteiger partial charge is 0.490 e. The normalized spacial score (nSPS) is 15.2. The number of nitrogens with one attached hydrogen (secondary N) is 2. The van der Waals surface area contributed by atoms with Crippen molar-refractivity contribution in [2.45, 2.75) is 56.6 Å². The number of sulfonamides is 1. The third-order valence-electron chi connectivity index (χ3n) is 4.20. The Balaban J connectivity index is 1.65. The van der Waals surface area contributed by atoms with Crippen LogP contribution in [0.25, 0.3) is 0 Å². The van der Waals surface area contributed by atoms with Crippen LogP contribution in [-0.2, 0) is 10.0 Å². The van der Waals surface area contributed by atoms with Gasteiger partial charge in [-0.3, -0.25) is 4.72 Å². The van der Waals surface area contributed by atoms with Gasteiger partial charge in [-0.2, -0.15) is 0 Å². The van der Waals surface area contributed by atoms with Crippen molar-refractivity contribution in [2.75, 3.05) is 10.0 Å². The van der Waals surface area contributed by atoms with E-state index in [2.05, 4.69) is 15.0 Å². The number of pyridine rings is 1. The lowest BCUT2D eigenvalue weighted by molar-refractivity contribution is 0.210. The summed E-state index contributed by atoms with van der Waals surface area (Å²) in [6.07, 6.45) is 6.37. The van der Waals surface area contributed by atoms with Crippen LogP contribution in [0, 0.1) is 0 Å². The van der Waals surface area contributed by atoms with E-state index in [1.807, 2.05) is 13.8 Å². The predicted molar refractivity (Wildman–Crippen MR) is 103 cm³/mol. The van der Waals surface area contributed by atoms with E-state index in [1.165, 1.54) is 12.8 Å². The number of hydrogen-bond donors (Lipinski definition) is 2. The Morgan fingerprint density at radius 3 is 2.35 bits per heavy atom. The molecule has 0 radical (unpaired) electrons. The van der Waals surface area contributed by atoms with E-state index in [-0.39, 0.29) is 22.9 Å². The fraction of sp³-hybridized carbons (Fsp3) is 0.421. The molecule has 6 nitrogen and oxygen atoms in total. The summed E-state index contributed by atoms with van der Waals surface area (Å²) >= 11 is 0. The molecule has 2 N–H and O–H groups in total. The molecule has 1 aliphatic rings. The van der Waals surface area contributed by atoms with E-state index in [9.17, 15) is 8.42 Å². The molecule has 1 aromatic heterocycles. The molecule has 1 saturated carbocycles. The standard InChI is InChI=1S/C19H25N3O3S/c1-14(2)21-15-7-12-19(20-13-15)22-26(23,24)18-10-8-17(9-11-18)25-16-5-3-4-6-16/h7-14,16,21H,3-6H2,1-2H3,(H,20,22). The van der Waals surface area contributed by atoms with E-state index in [4.69, 9.17) is 4.74 Å². The van der Waals surface area contributed by atoms with Crippen LogP contribution in [0.3, 0.4) is 0 Å². The van der Waals surface area contributed by atoms with Crippen molar-refractivity contribution >= 4 is 21.5 Å². The first-order valence-corrected chi connectivity index (χ1v) is 10.4. The van der Waals surface area contributed by atoms with Crippen LogP contribution in [0.2, 0.25) is 0 Å². The molecule has 1 fully saturated rings. The summed E-state index contributed by atoms with van der Waals surface area (Å²) < 4.78 is 33.4. The smallest absolute Gasteiger partial charge is 0.263 e. The van der Waals surface area contributed by atoms with Gasteiger partial charge in [-0.15, -0.1) is 0 Å². The van der Waals surface area contributed by atoms with Gasteiger partial charge in [0.25, 0.3) is 10.0 Å². The first kappa shape index (κ1) is 18.5. The fourth-order valence-corrected chi connectivity index (χ4v) is 3.97. The minimum Gasteiger partial charge on any atom is -0.490 e. The summed E-state index contributed by atoms with van der Waals surface area (Å²) in [5, 5.41) is 3.21. The van der Waals surface area contributed by atoms with Crippen LogP contribution >= 0.6 is 0 Å². The number of benzene rings is 1. The van der Waals surface area contributed by atoms with Gasteiger partial charge < -0.3 is 10.1 Å². The molecule has 140 valence electrons. The minimum atomic E-state index is -3.68. The molecule has 0 atom stereocenters. The van der Waals surface area contributed by atoms with Crippen LogP contribution in [0.4, 0.5) is 11.5 Å². The van der Waals surface area contributed by atoms with Gasteiger partial charge in [0.15, 0.2) is 0 Å². The maximum Gasteiger partial charge on any atom is 0.263 e. The number of hydrogen-bond acceptors (Lipinski definition) is 5. The van der Waals surface area contributed by atoms with E-state index in [1.54, 1.807) is 42.6 Å². The van der Waals surface area contributed by atoms with Crippen molar-refractivity contribution < 1.29 is 13.2 Å². The summed E-state index contributed by atoms with van der Waals surface area (Å²) in [7, 11) is -3.68. The molecule has 0 spiro atoms. The molecule has 0 unspecified atom stereocenters. The lowest BCUT2D eigenvalue weighted by Gasteiger charge is -2.14. The van der Waals surface area contributed by atoms with Crippen molar-refractivity contribution in [3.8, 4) is 5.75 Å². The highest BCUT2D eigenvalue weighted by Crippen LogP contribution is 2.25. The topological polar surface area (TPSA) is 80.3 Å². The van der Waals surface area contributed by atoms with E-state index >= 15 is 0 Å². The van der Waals surface area contributed by atoms with E-state index in [0.717, 1.165) is 18.5 Å². The number of rotatable bonds is 7. The average molecular weight is 375 g/mol. The second kappa shape index (κ2) is 7.95. The third kappa shape index (κ3) is 4.88. The molecule has 26 heavy (non-hydrogen) atoms. The van der Waals surface area contributed by atoms with Gasteiger partial charge in [0.1, 0.15) is 11.6 Å². The Bertz CT molecular complexity index is 812. The molecule has 3 rings (SSSR count). The molecule has 0 amide bonds. The van der Waals surface area contributed by atoms with Crippen molar-refractivity contribution in [1.29, 1.82) is 0 Å². The predicted octanol–water partition coefficient (Wildman–Crippen LogP) is 4.02. The zero-order chi connectivity index (χ0) is 18.6. The summed E-state index contributed by atoms with van der Waals surface area (Å²) in [4.78, 5) is 4.33. The summed E-state index contributed by atoms with van der Waals surface area (Å²) in [6.45, 7) is 4.05. The lowest BCUT2D eigenvalue weighted by Crippen LogP contribution is -2.15. The van der Waals surface area contributed by atoms with Crippen molar-refractivity contribution in [3.63, 3.8) is 0 Å². The fourth-order valence-electron chi connectivity index (χ4n) is 2.97. The van der Waals surface area contributed by atoms with Gasteiger partial charge in [0.05, 0.1) is 22.9 Å². The second-order valence-corrected chi connectivity index (χ2v) is 8.51. The first-order valence-electron chi connectivity index (χ1n) is 8.94. The highest BCUT2D eigenvalue weighted by atomic mass is 32.2. The highest BCUT2D eigenvalue weighted by molar-refractivity contribution is 7.92. The Morgan fingerprint density at radius 1 is 1.08 bits per heavy atom. The molecular formula is C19H25N3O3S. The zero-order valence-corrected chi connectivity index (χ0v) is 15.9. The lowest BCUT2D eigenvalue weighted by atomic mass is 10.3. The SMILES string of the molecule is CC(C)Nc1ccc(NS(=O)(=O)c2ccc(OC3CCCC3)cc2)nc1. The Hall–Kier alpha value is -2.28. The van der Waals surface area contributed by atoms with Crippen molar-refractivity contribution in [3.05, 3.63) is 42.6 Å². The van der Waals surface area contributed by atoms with Crippen LogP contribution in [0.5, 0.6) is 5.75 Å². The van der Waals surface area contributed by atoms with Crippen molar-refractivity contribution in [1.82, 2.24) is 4.98 Å². The molecule has 7 heteroatoms. The van der Waals surface area contributed by atoms with Crippen LogP contribution in [0.1, 0.15) is 39.5 Å². The van der Waals surface area contributed by atoms with Crippen LogP contribution in [0.15, 0.2) is 47.5 Å². The number of nitrogens with zero attached hydrogens (tertiary/aromatic N) is 1. The zero-order valence-electron chi connectivity index (χ0n) is 15.1. The Labute approximate surface area is 155 Å². The molecule has 0 bridgehead atoms. The van der Waals surface area contributed by atoms with Gasteiger partial charge in [-0.1, -0.05) is 0 Å².